The summed E-state index contributed by atoms with van der Waals surface area (Å²) in [5.74, 6) is -0.0276. The smallest absolute Gasteiger partial charge is 0.282 e. The summed E-state index contributed by atoms with van der Waals surface area (Å²) in [5, 5.41) is 18.0. The largest absolute Gasteiger partial charge is 0.457 e. The molecule has 0 fully saturated rings. The van der Waals surface area contributed by atoms with Crippen LogP contribution in [0.2, 0.25) is 5.02 Å². The van der Waals surface area contributed by atoms with Gasteiger partial charge in [0.15, 0.2) is 0 Å². The molecule has 162 valence electrons. The van der Waals surface area contributed by atoms with Crippen LogP contribution >= 0.6 is 11.6 Å². The molecule has 1 amide bonds. The molecule has 0 bridgehead atoms. The second-order valence-electron chi connectivity index (χ2n) is 6.70. The summed E-state index contributed by atoms with van der Waals surface area (Å²) in [7, 11) is 0. The molecule has 0 aliphatic carbocycles. The first-order chi connectivity index (χ1) is 14.6. The van der Waals surface area contributed by atoms with E-state index in [1.54, 1.807) is 32.0 Å². The molecule has 0 aliphatic heterocycles. The number of hydrogen-bond acceptors (Lipinski definition) is 5. The minimum Gasteiger partial charge on any atom is -0.457 e. The van der Waals surface area contributed by atoms with E-state index in [1.807, 2.05) is 0 Å². The summed E-state index contributed by atoms with van der Waals surface area (Å²) < 4.78 is 32.4. The summed E-state index contributed by atoms with van der Waals surface area (Å²) in [6.45, 7) is 2.97. The van der Waals surface area contributed by atoms with Gasteiger partial charge in [0.05, 0.1) is 16.7 Å². The van der Waals surface area contributed by atoms with Crippen molar-refractivity contribution in [2.45, 2.75) is 26.8 Å². The number of alkyl halides is 2. The Kier molecular flexibility index (Phi) is 6.50. The molecule has 8 nitrogen and oxygen atoms in total. The molecule has 1 heterocycles. The standard InChI is InChI=1S/C20H17ClF2N4O4/c1-11-5-13(21)3-4-18(11)31-16-8-14(7-15(9-16)27(29)30)24-19(28)10-26-12(2)6-17(25-26)20(22)23/h3-9,20H,10H2,1-2H3,(H,24,28). The molecule has 2 aromatic carbocycles. The number of carbonyl (C=O) groups is 1. The minimum absolute atomic E-state index is 0.111. The fourth-order valence-electron chi connectivity index (χ4n) is 2.81. The van der Waals surface area contributed by atoms with E-state index in [4.69, 9.17) is 16.3 Å². The van der Waals surface area contributed by atoms with Crippen LogP contribution in [0.15, 0.2) is 42.5 Å². The predicted molar refractivity (Wildman–Crippen MR) is 110 cm³/mol. The number of amides is 1. The van der Waals surface area contributed by atoms with E-state index in [9.17, 15) is 23.7 Å². The summed E-state index contributed by atoms with van der Waals surface area (Å²) in [5.41, 5.74) is 0.476. The van der Waals surface area contributed by atoms with Gasteiger partial charge in [-0.25, -0.2) is 8.78 Å². The highest BCUT2D eigenvalue weighted by Gasteiger charge is 2.17. The number of nitrogens with one attached hydrogen (secondary N) is 1. The van der Waals surface area contributed by atoms with Crippen LogP contribution in [0.3, 0.4) is 0 Å². The first-order valence-electron chi connectivity index (χ1n) is 8.98. The Morgan fingerprint density at radius 2 is 2.00 bits per heavy atom. The maximum atomic E-state index is 12.8. The van der Waals surface area contributed by atoms with Crippen LogP contribution in [-0.4, -0.2) is 20.6 Å². The van der Waals surface area contributed by atoms with Crippen molar-refractivity contribution >= 4 is 28.9 Å². The van der Waals surface area contributed by atoms with Gasteiger partial charge in [-0.05, 0) is 43.7 Å². The molecule has 0 saturated carbocycles. The van der Waals surface area contributed by atoms with E-state index in [0.717, 1.165) is 4.68 Å². The highest BCUT2D eigenvalue weighted by Crippen LogP contribution is 2.32. The number of anilines is 1. The van der Waals surface area contributed by atoms with Crippen LogP contribution in [0, 0.1) is 24.0 Å². The van der Waals surface area contributed by atoms with Gasteiger partial charge in [0, 0.05) is 22.8 Å². The number of nitro groups is 1. The number of rotatable bonds is 7. The van der Waals surface area contributed by atoms with Gasteiger partial charge >= 0.3 is 0 Å². The second-order valence-corrected chi connectivity index (χ2v) is 7.14. The molecular weight excluding hydrogens is 434 g/mol. The lowest BCUT2D eigenvalue weighted by Crippen LogP contribution is -2.20. The van der Waals surface area contributed by atoms with Gasteiger partial charge in [-0.15, -0.1) is 0 Å². The zero-order valence-electron chi connectivity index (χ0n) is 16.4. The molecule has 0 saturated heterocycles. The predicted octanol–water partition coefficient (Wildman–Crippen LogP) is 5.43. The molecule has 31 heavy (non-hydrogen) atoms. The zero-order valence-corrected chi connectivity index (χ0v) is 17.2. The van der Waals surface area contributed by atoms with Crippen molar-refractivity contribution in [2.24, 2.45) is 0 Å². The van der Waals surface area contributed by atoms with Gasteiger partial charge < -0.3 is 10.1 Å². The van der Waals surface area contributed by atoms with Crippen molar-refractivity contribution in [2.75, 3.05) is 5.32 Å². The normalized spacial score (nSPS) is 10.9. The first kappa shape index (κ1) is 22.2. The lowest BCUT2D eigenvalue weighted by molar-refractivity contribution is -0.384. The van der Waals surface area contributed by atoms with Crippen molar-refractivity contribution in [3.63, 3.8) is 0 Å². The number of benzene rings is 2. The zero-order chi connectivity index (χ0) is 22.7. The van der Waals surface area contributed by atoms with Gasteiger partial charge in [0.1, 0.15) is 23.7 Å². The fraction of sp³-hybridized carbons (Fsp3) is 0.200. The van der Waals surface area contributed by atoms with E-state index >= 15 is 0 Å². The Bertz CT molecular complexity index is 1150. The maximum absolute atomic E-state index is 12.8. The number of aryl methyl sites for hydroxylation is 2. The molecule has 3 rings (SSSR count). The quantitative estimate of drug-likeness (QED) is 0.382. The summed E-state index contributed by atoms with van der Waals surface area (Å²) in [4.78, 5) is 23.0. The lowest BCUT2D eigenvalue weighted by atomic mass is 10.2. The molecule has 0 unspecified atom stereocenters. The molecule has 3 aromatic rings. The Hall–Kier alpha value is -3.53. The topological polar surface area (TPSA) is 99.3 Å². The van der Waals surface area contributed by atoms with Crippen molar-refractivity contribution in [1.29, 1.82) is 0 Å². The number of ether oxygens (including phenoxy) is 1. The molecule has 1 aromatic heterocycles. The molecule has 1 N–H and O–H groups in total. The highest BCUT2D eigenvalue weighted by molar-refractivity contribution is 6.30. The average Bonchev–Trinajstić information content (AvgIpc) is 3.04. The maximum Gasteiger partial charge on any atom is 0.282 e. The third-order valence-electron chi connectivity index (χ3n) is 4.27. The van der Waals surface area contributed by atoms with Gasteiger partial charge in [0.2, 0.25) is 5.91 Å². The van der Waals surface area contributed by atoms with Crippen LogP contribution in [-0.2, 0) is 11.3 Å². The number of carbonyl (C=O) groups excluding carboxylic acids is 1. The Balaban J connectivity index is 1.81. The van der Waals surface area contributed by atoms with Crippen molar-refractivity contribution in [3.8, 4) is 11.5 Å². The highest BCUT2D eigenvalue weighted by atomic mass is 35.5. The molecular formula is C20H17ClF2N4O4. The van der Waals surface area contributed by atoms with Gasteiger partial charge in [-0.3, -0.25) is 19.6 Å². The van der Waals surface area contributed by atoms with E-state index in [-0.39, 0.29) is 23.7 Å². The molecule has 0 radical (unpaired) electrons. The van der Waals surface area contributed by atoms with E-state index in [1.165, 1.54) is 24.3 Å². The Morgan fingerprint density at radius 3 is 2.61 bits per heavy atom. The third kappa shape index (κ3) is 5.54. The third-order valence-corrected chi connectivity index (χ3v) is 4.50. The van der Waals surface area contributed by atoms with E-state index in [2.05, 4.69) is 10.4 Å². The van der Waals surface area contributed by atoms with Crippen LogP contribution in [0.4, 0.5) is 20.2 Å². The summed E-state index contributed by atoms with van der Waals surface area (Å²) in [6.07, 6.45) is -2.75. The van der Waals surface area contributed by atoms with Crippen LogP contribution in [0.25, 0.3) is 0 Å². The number of nitrogens with zero attached hydrogens (tertiary/aromatic N) is 3. The van der Waals surface area contributed by atoms with Crippen LogP contribution in [0.1, 0.15) is 23.4 Å². The SMILES string of the molecule is Cc1cc(Cl)ccc1Oc1cc(NC(=O)Cn2nc(C(F)F)cc2C)cc([N+](=O)[O-])c1. The summed E-state index contributed by atoms with van der Waals surface area (Å²) >= 11 is 5.92. The molecule has 11 heteroatoms. The second kappa shape index (κ2) is 9.09. The first-order valence-corrected chi connectivity index (χ1v) is 9.36. The molecule has 0 atom stereocenters. The van der Waals surface area contributed by atoms with E-state index in [0.29, 0.717) is 22.0 Å². The van der Waals surface area contributed by atoms with Gasteiger partial charge in [-0.1, -0.05) is 11.6 Å². The fourth-order valence-corrected chi connectivity index (χ4v) is 3.04. The Labute approximate surface area is 180 Å². The average molecular weight is 451 g/mol. The molecule has 0 spiro atoms. The number of nitro benzene ring substituents is 1. The number of halogens is 3. The number of aromatic nitrogens is 2. The minimum atomic E-state index is -2.75. The van der Waals surface area contributed by atoms with Gasteiger partial charge in [-0.2, -0.15) is 5.10 Å². The molecule has 0 aliphatic rings. The number of non-ortho nitro benzene ring substituents is 1. The summed E-state index contributed by atoms with van der Waals surface area (Å²) in [6, 6.07) is 9.90. The monoisotopic (exact) mass is 450 g/mol. The van der Waals surface area contributed by atoms with Crippen molar-refractivity contribution < 1.29 is 23.2 Å². The van der Waals surface area contributed by atoms with Crippen molar-refractivity contribution in [1.82, 2.24) is 9.78 Å². The Morgan fingerprint density at radius 1 is 1.26 bits per heavy atom. The van der Waals surface area contributed by atoms with Crippen LogP contribution in [0.5, 0.6) is 11.5 Å². The van der Waals surface area contributed by atoms with Crippen molar-refractivity contribution in [3.05, 3.63) is 74.6 Å². The lowest BCUT2D eigenvalue weighted by Gasteiger charge is -2.11. The van der Waals surface area contributed by atoms with Crippen LogP contribution < -0.4 is 10.1 Å². The number of hydrogen-bond donors (Lipinski definition) is 1. The van der Waals surface area contributed by atoms with E-state index < -0.39 is 22.9 Å². The van der Waals surface area contributed by atoms with Gasteiger partial charge in [0.25, 0.3) is 12.1 Å².